The van der Waals surface area contributed by atoms with E-state index in [-0.39, 0.29) is 16.8 Å². The highest BCUT2D eigenvalue weighted by atomic mass is 16.5. The minimum atomic E-state index is 0.170. The lowest BCUT2D eigenvalue weighted by Crippen LogP contribution is -2.60. The van der Waals surface area contributed by atoms with Crippen molar-refractivity contribution in [1.29, 1.82) is 0 Å². The van der Waals surface area contributed by atoms with Crippen LogP contribution < -0.4 is 19.9 Å². The molecule has 2 N–H and O–H groups in total. The van der Waals surface area contributed by atoms with Gasteiger partial charge in [0.2, 0.25) is 5.88 Å². The Labute approximate surface area is 212 Å². The molecule has 3 aromatic rings. The highest BCUT2D eigenvalue weighted by Crippen LogP contribution is 2.46. The number of fused-ring (bicyclic) bond motifs is 3. The highest BCUT2D eigenvalue weighted by molar-refractivity contribution is 5.79. The molecule has 0 radical (unpaired) electrons. The predicted octanol–water partition coefficient (Wildman–Crippen LogP) is 4.24. The maximum atomic E-state index is 10.9. The van der Waals surface area contributed by atoms with Crippen molar-refractivity contribution in [1.82, 2.24) is 20.5 Å². The largest absolute Gasteiger partial charge is 0.507 e. The van der Waals surface area contributed by atoms with Crippen molar-refractivity contribution < 1.29 is 9.84 Å². The van der Waals surface area contributed by atoms with Gasteiger partial charge < -0.3 is 25.0 Å². The van der Waals surface area contributed by atoms with E-state index >= 15 is 0 Å². The number of ether oxygens (including phenoxy) is 1. The Morgan fingerprint density at radius 2 is 1.75 bits per heavy atom. The summed E-state index contributed by atoms with van der Waals surface area (Å²) < 4.78 is 5.24. The number of hydrogen-bond donors (Lipinski definition) is 2. The molecule has 2 aromatic heterocycles. The summed E-state index contributed by atoms with van der Waals surface area (Å²) in [4.78, 5) is 8.89. The molecule has 5 heterocycles. The molecular formula is C28H34N6O2. The number of phenolic OH excluding ortho intramolecular Hbond substituents is 1. The van der Waals surface area contributed by atoms with E-state index in [1.807, 2.05) is 24.3 Å². The van der Waals surface area contributed by atoms with Crippen molar-refractivity contribution in [2.75, 3.05) is 37.0 Å². The number of anilines is 2. The lowest BCUT2D eigenvalue weighted by molar-refractivity contribution is 0.204. The molecule has 6 rings (SSSR count). The summed E-state index contributed by atoms with van der Waals surface area (Å²) in [7, 11) is 3.70. The number of pyridine rings is 1. The molecule has 1 aromatic carbocycles. The molecule has 0 amide bonds. The van der Waals surface area contributed by atoms with Crippen LogP contribution in [-0.2, 0) is 0 Å². The van der Waals surface area contributed by atoms with Crippen LogP contribution >= 0.6 is 0 Å². The van der Waals surface area contributed by atoms with Gasteiger partial charge in [-0.3, -0.25) is 0 Å². The van der Waals surface area contributed by atoms with Gasteiger partial charge in [-0.2, -0.15) is 0 Å². The molecule has 0 aliphatic carbocycles. The summed E-state index contributed by atoms with van der Waals surface area (Å²) >= 11 is 0. The zero-order chi connectivity index (χ0) is 25.1. The fourth-order valence-corrected chi connectivity index (χ4v) is 6.50. The van der Waals surface area contributed by atoms with E-state index in [2.05, 4.69) is 52.2 Å². The molecule has 8 heteroatoms. The van der Waals surface area contributed by atoms with E-state index in [1.165, 1.54) is 12.8 Å². The first kappa shape index (κ1) is 23.0. The van der Waals surface area contributed by atoms with Crippen molar-refractivity contribution >= 4 is 11.5 Å². The lowest BCUT2D eigenvalue weighted by Gasteiger charge is -2.48. The van der Waals surface area contributed by atoms with Gasteiger partial charge in [0.1, 0.15) is 5.75 Å². The summed E-state index contributed by atoms with van der Waals surface area (Å²) in [6.07, 6.45) is 6.40. The molecule has 0 spiro atoms. The molecule has 3 aliphatic heterocycles. The third-order valence-electron chi connectivity index (χ3n) is 8.31. The number of hydrogen-bond acceptors (Lipinski definition) is 8. The normalized spacial score (nSPS) is 27.2. The Bertz CT molecular complexity index is 1300. The number of nitrogens with one attached hydrogen (secondary N) is 1. The van der Waals surface area contributed by atoms with Crippen LogP contribution in [0.25, 0.3) is 22.4 Å². The second kappa shape index (κ2) is 8.34. The molecule has 1 unspecified atom stereocenters. The zero-order valence-corrected chi connectivity index (χ0v) is 21.5. The number of aromatic hydroxyl groups is 1. The second-order valence-corrected chi connectivity index (χ2v) is 11.2. The maximum Gasteiger partial charge on any atom is 0.213 e. The molecule has 2 saturated heterocycles. The monoisotopic (exact) mass is 486 g/mol. The molecule has 2 fully saturated rings. The average molecular weight is 487 g/mol. The molecule has 8 nitrogen and oxygen atoms in total. The second-order valence-electron chi connectivity index (χ2n) is 11.2. The lowest BCUT2D eigenvalue weighted by atomic mass is 9.84. The maximum absolute atomic E-state index is 10.9. The van der Waals surface area contributed by atoms with Gasteiger partial charge in [-0.15, -0.1) is 10.2 Å². The van der Waals surface area contributed by atoms with E-state index < -0.39 is 0 Å². The molecule has 188 valence electrons. The Balaban J connectivity index is 1.31. The van der Waals surface area contributed by atoms with Crippen LogP contribution in [0.4, 0.5) is 11.5 Å². The van der Waals surface area contributed by atoms with Gasteiger partial charge in [0.05, 0.1) is 18.5 Å². The highest BCUT2D eigenvalue weighted by Gasteiger charge is 2.50. The van der Waals surface area contributed by atoms with Crippen LogP contribution in [-0.4, -0.2) is 64.7 Å². The van der Waals surface area contributed by atoms with Crippen LogP contribution in [0.2, 0.25) is 0 Å². The number of nitrogens with zero attached hydrogens (tertiary/aromatic N) is 5. The number of methoxy groups -OCH3 is 1. The number of piperidine rings is 1. The van der Waals surface area contributed by atoms with Gasteiger partial charge in [0.25, 0.3) is 0 Å². The first-order chi connectivity index (χ1) is 17.3. The van der Waals surface area contributed by atoms with Crippen LogP contribution in [0.1, 0.15) is 39.5 Å². The number of benzene rings is 1. The van der Waals surface area contributed by atoms with Gasteiger partial charge in [-0.05, 0) is 74.9 Å². The number of likely N-dealkylation sites (N-methyl/N-ethyl adjacent to an activating group) is 1. The van der Waals surface area contributed by atoms with Gasteiger partial charge in [-0.1, -0.05) is 6.07 Å². The van der Waals surface area contributed by atoms with Gasteiger partial charge in [0.15, 0.2) is 5.82 Å². The Morgan fingerprint density at radius 3 is 2.47 bits per heavy atom. The fourth-order valence-electron chi connectivity index (χ4n) is 6.50. The summed E-state index contributed by atoms with van der Waals surface area (Å²) in [5.74, 6) is 1.66. The van der Waals surface area contributed by atoms with E-state index in [1.54, 1.807) is 19.4 Å². The van der Waals surface area contributed by atoms with Crippen molar-refractivity contribution in [3.05, 3.63) is 42.6 Å². The van der Waals surface area contributed by atoms with E-state index in [4.69, 9.17) is 9.84 Å². The minimum Gasteiger partial charge on any atom is -0.507 e. The smallest absolute Gasteiger partial charge is 0.213 e. The minimum absolute atomic E-state index is 0.170. The summed E-state index contributed by atoms with van der Waals surface area (Å²) in [5.41, 5.74) is 4.60. The molecule has 3 aliphatic rings. The fraction of sp³-hybridized carbons (Fsp3) is 0.464. The van der Waals surface area contributed by atoms with Crippen molar-refractivity contribution in [3.8, 4) is 34.0 Å². The average Bonchev–Trinajstić information content (AvgIpc) is 3.10. The standard InChI is InChI=1S/C28H34N6O2/c1-27-8-9-28(2,32-27)17-20(16-27)34-12-11-33(3)23-15-22(30-31-26(23)34)21-6-5-18(13-24(21)35)19-7-10-29-25(14-19)36-4/h5-7,10,13-15,20,32,35H,8-9,11-12,16-17H2,1-4H3/t20?,27-,28+. The molecule has 36 heavy (non-hydrogen) atoms. The van der Waals surface area contributed by atoms with E-state index in [0.29, 0.717) is 23.2 Å². The van der Waals surface area contributed by atoms with Crippen LogP contribution in [0.3, 0.4) is 0 Å². The van der Waals surface area contributed by atoms with Gasteiger partial charge in [-0.25, -0.2) is 4.98 Å². The summed E-state index contributed by atoms with van der Waals surface area (Å²) in [6.45, 7) is 6.61. The Kier molecular flexibility index (Phi) is 5.33. The van der Waals surface area contributed by atoms with Gasteiger partial charge in [0, 0.05) is 55.1 Å². The summed E-state index contributed by atoms with van der Waals surface area (Å²) in [5, 5.41) is 24.2. The molecular weight excluding hydrogens is 452 g/mol. The van der Waals surface area contributed by atoms with Crippen molar-refractivity contribution in [2.24, 2.45) is 0 Å². The Morgan fingerprint density at radius 1 is 1.00 bits per heavy atom. The van der Waals surface area contributed by atoms with Crippen molar-refractivity contribution in [3.63, 3.8) is 0 Å². The van der Waals surface area contributed by atoms with E-state index in [0.717, 1.165) is 48.6 Å². The molecule has 3 atom stereocenters. The number of rotatable bonds is 4. The third kappa shape index (κ3) is 3.93. The first-order valence-electron chi connectivity index (χ1n) is 12.7. The first-order valence-corrected chi connectivity index (χ1v) is 12.7. The number of phenols is 1. The zero-order valence-electron chi connectivity index (χ0n) is 21.5. The Hall–Kier alpha value is -3.39. The van der Waals surface area contributed by atoms with E-state index in [9.17, 15) is 5.11 Å². The number of aromatic nitrogens is 3. The van der Waals surface area contributed by atoms with Crippen LogP contribution in [0.5, 0.6) is 11.6 Å². The SMILES string of the molecule is COc1cc(-c2ccc(-c3cc4c(nn3)N(C3C[C@]5(C)CC[C@](C)(C3)N5)CCN4C)c(O)c2)ccn1. The van der Waals surface area contributed by atoms with Gasteiger partial charge >= 0.3 is 0 Å². The third-order valence-corrected chi connectivity index (χ3v) is 8.31. The predicted molar refractivity (Wildman–Crippen MR) is 142 cm³/mol. The quantitative estimate of drug-likeness (QED) is 0.566. The topological polar surface area (TPSA) is 86.6 Å². The van der Waals surface area contributed by atoms with Crippen molar-refractivity contribution in [2.45, 2.75) is 56.7 Å². The van der Waals surface area contributed by atoms with Crippen LogP contribution in [0.15, 0.2) is 42.6 Å². The van der Waals surface area contributed by atoms with Crippen LogP contribution in [0, 0.1) is 0 Å². The summed E-state index contributed by atoms with van der Waals surface area (Å²) in [6, 6.07) is 11.9. The molecule has 0 saturated carbocycles. The molecule has 2 bridgehead atoms.